The van der Waals surface area contributed by atoms with Gasteiger partial charge in [-0.15, -0.1) is 0 Å². The molecule has 1 aromatic heterocycles. The first kappa shape index (κ1) is 13.8. The summed E-state index contributed by atoms with van der Waals surface area (Å²) >= 11 is 6.22. The van der Waals surface area contributed by atoms with E-state index in [4.69, 9.17) is 17.3 Å². The minimum absolute atomic E-state index is 0.261. The highest BCUT2D eigenvalue weighted by Crippen LogP contribution is 2.42. The lowest BCUT2D eigenvalue weighted by Crippen LogP contribution is -2.36. The molecule has 2 rings (SSSR count). The molecule has 0 atom stereocenters. The highest BCUT2D eigenvalue weighted by Gasteiger charge is 2.34. The van der Waals surface area contributed by atoms with Crippen LogP contribution in [0.3, 0.4) is 0 Å². The van der Waals surface area contributed by atoms with Crippen LogP contribution < -0.4 is 5.73 Å². The predicted octanol–water partition coefficient (Wildman–Crippen LogP) is 3.82. The standard InChI is InChI=1S/C15H23ClN2/c1-2-12-3-6-15(11-17,7-4-12)9-13-5-8-18-10-14(13)16/h5,8,10,12H,2-4,6-7,9,11,17H2,1H3. The number of hydrogen-bond acceptors (Lipinski definition) is 2. The van der Waals surface area contributed by atoms with E-state index in [1.807, 2.05) is 12.3 Å². The van der Waals surface area contributed by atoms with Crippen molar-refractivity contribution >= 4 is 11.6 Å². The Balaban J connectivity index is 2.08. The van der Waals surface area contributed by atoms with Gasteiger partial charge in [0.15, 0.2) is 0 Å². The molecule has 100 valence electrons. The van der Waals surface area contributed by atoms with Crippen molar-refractivity contribution in [3.63, 3.8) is 0 Å². The van der Waals surface area contributed by atoms with Crippen LogP contribution in [0.25, 0.3) is 0 Å². The van der Waals surface area contributed by atoms with Crippen molar-refractivity contribution in [1.29, 1.82) is 0 Å². The van der Waals surface area contributed by atoms with Crippen molar-refractivity contribution in [2.75, 3.05) is 6.54 Å². The van der Waals surface area contributed by atoms with Crippen LogP contribution in [0.5, 0.6) is 0 Å². The van der Waals surface area contributed by atoms with Gasteiger partial charge in [-0.3, -0.25) is 4.98 Å². The quantitative estimate of drug-likeness (QED) is 0.900. The molecule has 1 aliphatic carbocycles. The van der Waals surface area contributed by atoms with E-state index in [0.717, 1.165) is 23.9 Å². The number of aromatic nitrogens is 1. The Kier molecular flexibility index (Phi) is 4.63. The summed E-state index contributed by atoms with van der Waals surface area (Å²) in [6.07, 6.45) is 11.0. The summed E-state index contributed by atoms with van der Waals surface area (Å²) in [5.74, 6) is 0.901. The van der Waals surface area contributed by atoms with Crippen LogP contribution in [0.15, 0.2) is 18.5 Å². The fraction of sp³-hybridized carbons (Fsp3) is 0.667. The molecule has 0 saturated heterocycles. The molecule has 1 heterocycles. The van der Waals surface area contributed by atoms with E-state index in [2.05, 4.69) is 11.9 Å². The Morgan fingerprint density at radius 2 is 2.17 bits per heavy atom. The molecule has 0 spiro atoms. The zero-order valence-electron chi connectivity index (χ0n) is 11.2. The van der Waals surface area contributed by atoms with E-state index >= 15 is 0 Å². The average Bonchev–Trinajstić information content (AvgIpc) is 2.42. The fourth-order valence-corrected chi connectivity index (χ4v) is 3.29. The molecule has 0 bridgehead atoms. The lowest BCUT2D eigenvalue weighted by Gasteiger charge is -2.39. The number of nitrogens with zero attached hydrogens (tertiary/aromatic N) is 1. The smallest absolute Gasteiger partial charge is 0.0621 e. The number of halogens is 1. The van der Waals surface area contributed by atoms with Crippen molar-refractivity contribution in [2.45, 2.75) is 45.4 Å². The largest absolute Gasteiger partial charge is 0.330 e. The van der Waals surface area contributed by atoms with Crippen LogP contribution in [-0.4, -0.2) is 11.5 Å². The van der Waals surface area contributed by atoms with Gasteiger partial charge in [-0.05, 0) is 61.6 Å². The molecular formula is C15H23ClN2. The number of rotatable bonds is 4. The molecule has 0 amide bonds. The highest BCUT2D eigenvalue weighted by atomic mass is 35.5. The van der Waals surface area contributed by atoms with E-state index in [9.17, 15) is 0 Å². The summed E-state index contributed by atoms with van der Waals surface area (Å²) in [6, 6.07) is 2.03. The van der Waals surface area contributed by atoms with Gasteiger partial charge in [-0.25, -0.2) is 0 Å². The second kappa shape index (κ2) is 6.03. The van der Waals surface area contributed by atoms with Crippen LogP contribution in [0, 0.1) is 11.3 Å². The Morgan fingerprint density at radius 3 is 2.72 bits per heavy atom. The minimum Gasteiger partial charge on any atom is -0.330 e. The van der Waals surface area contributed by atoms with E-state index in [0.29, 0.717) is 0 Å². The van der Waals surface area contributed by atoms with Crippen LogP contribution >= 0.6 is 11.6 Å². The van der Waals surface area contributed by atoms with Gasteiger partial charge in [0.1, 0.15) is 0 Å². The lowest BCUT2D eigenvalue weighted by molar-refractivity contribution is 0.153. The van der Waals surface area contributed by atoms with Gasteiger partial charge in [0.25, 0.3) is 0 Å². The number of hydrogen-bond donors (Lipinski definition) is 1. The summed E-state index contributed by atoms with van der Waals surface area (Å²) in [6.45, 7) is 3.06. The van der Waals surface area contributed by atoms with Crippen LogP contribution in [-0.2, 0) is 6.42 Å². The first-order chi connectivity index (χ1) is 8.69. The highest BCUT2D eigenvalue weighted by molar-refractivity contribution is 6.31. The molecule has 2 N–H and O–H groups in total. The Bertz CT molecular complexity index is 384. The number of pyridine rings is 1. The molecule has 18 heavy (non-hydrogen) atoms. The van der Waals surface area contributed by atoms with Gasteiger partial charge in [0.05, 0.1) is 5.02 Å². The molecular weight excluding hydrogens is 244 g/mol. The van der Waals surface area contributed by atoms with E-state index in [1.165, 1.54) is 37.7 Å². The van der Waals surface area contributed by atoms with Crippen LogP contribution in [0.4, 0.5) is 0 Å². The summed E-state index contributed by atoms with van der Waals surface area (Å²) in [5, 5.41) is 0.780. The maximum atomic E-state index is 6.22. The van der Waals surface area contributed by atoms with E-state index in [1.54, 1.807) is 6.20 Å². The molecule has 0 aliphatic heterocycles. The van der Waals surface area contributed by atoms with Crippen molar-refractivity contribution in [2.24, 2.45) is 17.1 Å². The van der Waals surface area contributed by atoms with Gasteiger partial charge in [-0.2, -0.15) is 0 Å². The van der Waals surface area contributed by atoms with Crippen LogP contribution in [0.2, 0.25) is 5.02 Å². The third kappa shape index (κ3) is 3.04. The molecule has 0 unspecified atom stereocenters. The van der Waals surface area contributed by atoms with Crippen molar-refractivity contribution in [3.05, 3.63) is 29.0 Å². The summed E-state index contributed by atoms with van der Waals surface area (Å²) in [4.78, 5) is 4.05. The summed E-state index contributed by atoms with van der Waals surface area (Å²) in [5.41, 5.74) is 7.53. The third-order valence-corrected chi connectivity index (χ3v) is 4.94. The first-order valence-corrected chi connectivity index (χ1v) is 7.35. The maximum absolute atomic E-state index is 6.22. The van der Waals surface area contributed by atoms with Crippen molar-refractivity contribution < 1.29 is 0 Å². The second-order valence-electron chi connectivity index (χ2n) is 5.70. The number of nitrogens with two attached hydrogens (primary N) is 1. The topological polar surface area (TPSA) is 38.9 Å². The van der Waals surface area contributed by atoms with Crippen molar-refractivity contribution in [1.82, 2.24) is 4.98 Å². The van der Waals surface area contributed by atoms with Crippen LogP contribution in [0.1, 0.15) is 44.6 Å². The Morgan fingerprint density at radius 1 is 1.44 bits per heavy atom. The molecule has 1 aromatic rings. The molecule has 1 aliphatic rings. The average molecular weight is 267 g/mol. The molecule has 0 aromatic carbocycles. The van der Waals surface area contributed by atoms with Gasteiger partial charge in [0.2, 0.25) is 0 Å². The maximum Gasteiger partial charge on any atom is 0.0621 e. The minimum atomic E-state index is 0.261. The molecule has 3 heteroatoms. The Labute approximate surface area is 115 Å². The lowest BCUT2D eigenvalue weighted by atomic mass is 9.67. The van der Waals surface area contributed by atoms with E-state index < -0.39 is 0 Å². The van der Waals surface area contributed by atoms with Gasteiger partial charge >= 0.3 is 0 Å². The normalized spacial score (nSPS) is 28.3. The monoisotopic (exact) mass is 266 g/mol. The zero-order chi connectivity index (χ0) is 13.0. The molecule has 0 radical (unpaired) electrons. The summed E-state index contributed by atoms with van der Waals surface area (Å²) < 4.78 is 0. The molecule has 2 nitrogen and oxygen atoms in total. The van der Waals surface area contributed by atoms with Gasteiger partial charge in [0, 0.05) is 12.4 Å². The molecule has 1 fully saturated rings. The van der Waals surface area contributed by atoms with Crippen molar-refractivity contribution in [3.8, 4) is 0 Å². The van der Waals surface area contributed by atoms with Gasteiger partial charge in [-0.1, -0.05) is 24.9 Å². The Hall–Kier alpha value is -0.600. The van der Waals surface area contributed by atoms with Gasteiger partial charge < -0.3 is 5.73 Å². The molecule has 1 saturated carbocycles. The third-order valence-electron chi connectivity index (χ3n) is 4.60. The van der Waals surface area contributed by atoms with E-state index in [-0.39, 0.29) is 5.41 Å². The SMILES string of the molecule is CCC1CCC(CN)(Cc2ccncc2Cl)CC1. The second-order valence-corrected chi connectivity index (χ2v) is 6.11. The fourth-order valence-electron chi connectivity index (χ4n) is 3.10. The first-order valence-electron chi connectivity index (χ1n) is 6.97. The zero-order valence-corrected chi connectivity index (χ0v) is 11.9. The summed E-state index contributed by atoms with van der Waals surface area (Å²) in [7, 11) is 0. The predicted molar refractivity (Wildman–Crippen MR) is 76.7 cm³/mol.